The van der Waals surface area contributed by atoms with Crippen LogP contribution in [-0.4, -0.2) is 30.8 Å². The maximum Gasteiger partial charge on any atom is 0.485 e. The molecule has 0 atom stereocenters. The van der Waals surface area contributed by atoms with Crippen LogP contribution in [0, 0.1) is 5.39 Å². The minimum absolute atomic E-state index is 0.163. The van der Waals surface area contributed by atoms with Crippen LogP contribution in [0.1, 0.15) is 10.4 Å². The quantitative estimate of drug-likeness (QED) is 0.358. The van der Waals surface area contributed by atoms with Gasteiger partial charge in [-0.2, -0.15) is 13.2 Å². The van der Waals surface area contributed by atoms with Gasteiger partial charge >= 0.3 is 12.1 Å². The Hall–Kier alpha value is -1.99. The Kier molecular flexibility index (Phi) is 6.10. The highest BCUT2D eigenvalue weighted by molar-refractivity contribution is 7.86. The van der Waals surface area contributed by atoms with Gasteiger partial charge in [0.15, 0.2) is 10.1 Å². The van der Waals surface area contributed by atoms with Gasteiger partial charge in [-0.1, -0.05) is 30.3 Å². The van der Waals surface area contributed by atoms with E-state index in [1.54, 1.807) is 24.3 Å². The van der Waals surface area contributed by atoms with E-state index < -0.39 is 15.6 Å². The molecule has 0 spiro atoms. The van der Waals surface area contributed by atoms with Crippen LogP contribution >= 0.6 is 0 Å². The van der Waals surface area contributed by atoms with Gasteiger partial charge in [-0.05, 0) is 0 Å². The topological polar surface area (TPSA) is 102 Å². The van der Waals surface area contributed by atoms with Crippen molar-refractivity contribution in [2.75, 3.05) is 6.54 Å². The van der Waals surface area contributed by atoms with Crippen molar-refractivity contribution < 1.29 is 30.9 Å². The van der Waals surface area contributed by atoms with Crippen molar-refractivity contribution in [1.82, 2.24) is 0 Å². The molecule has 0 saturated carbocycles. The summed E-state index contributed by atoms with van der Waals surface area (Å²) < 4.78 is 58.9. The van der Waals surface area contributed by atoms with Crippen molar-refractivity contribution in [3.05, 3.63) is 40.9 Å². The molecule has 0 unspecified atom stereocenters. The molecule has 0 bridgehead atoms. The summed E-state index contributed by atoms with van der Waals surface area (Å²) in [6.45, 7) is -0.163. The molecule has 19 heavy (non-hydrogen) atoms. The van der Waals surface area contributed by atoms with E-state index in [2.05, 4.69) is 4.98 Å². The summed E-state index contributed by atoms with van der Waals surface area (Å²) in [5.41, 5.74) is -5.07. The molecule has 0 aliphatic carbocycles. The third-order valence-electron chi connectivity index (χ3n) is 1.59. The summed E-state index contributed by atoms with van der Waals surface area (Å²) in [6, 6.07) is 8.74. The number of rotatable bonds is 2. The van der Waals surface area contributed by atoms with Crippen LogP contribution in [0.25, 0.3) is 4.98 Å². The predicted molar refractivity (Wildman–Crippen MR) is 56.5 cm³/mol. The number of hydrogen-bond acceptors (Lipinski definition) is 5. The fraction of sp³-hybridized carbons (Fsp3) is 0.222. The largest absolute Gasteiger partial charge is 0.741 e. The summed E-state index contributed by atoms with van der Waals surface area (Å²) in [5.74, 6) is -0.173. The molecule has 1 aromatic carbocycles. The number of nitrogens with zero attached hydrogens (tertiary/aromatic N) is 2. The first-order valence-corrected chi connectivity index (χ1v) is 5.91. The lowest BCUT2D eigenvalue weighted by molar-refractivity contribution is -0.0517. The molecule has 0 saturated heterocycles. The fourth-order valence-electron chi connectivity index (χ4n) is 0.780. The van der Waals surface area contributed by atoms with E-state index in [1.807, 2.05) is 6.07 Å². The van der Waals surface area contributed by atoms with E-state index in [0.717, 1.165) is 0 Å². The van der Waals surface area contributed by atoms with E-state index in [-0.39, 0.29) is 12.3 Å². The van der Waals surface area contributed by atoms with Crippen LogP contribution < -0.4 is 0 Å². The van der Waals surface area contributed by atoms with Crippen molar-refractivity contribution in [1.29, 1.82) is 5.39 Å². The maximum atomic E-state index is 11.0. The Labute approximate surface area is 106 Å². The van der Waals surface area contributed by atoms with Gasteiger partial charge < -0.3 is 4.55 Å². The first-order chi connectivity index (χ1) is 8.59. The van der Waals surface area contributed by atoms with E-state index >= 15 is 0 Å². The number of alkyl halides is 3. The van der Waals surface area contributed by atoms with Crippen LogP contribution in [0.3, 0.4) is 0 Å². The van der Waals surface area contributed by atoms with Gasteiger partial charge in [0.2, 0.25) is 11.2 Å². The molecule has 10 heteroatoms. The standard InChI is InChI=1S/C8H7N2O.CHF3O3S/c9-10-6-8(11)7-4-2-1-3-5-7;2-1(3,4)8(5,6)7/h1-5H,6H2;(H,5,6,7)/q+1;/p-1. The summed E-state index contributed by atoms with van der Waals surface area (Å²) in [4.78, 5) is 13.8. The molecule has 0 aliphatic rings. The normalized spacial score (nSPS) is 10.9. The second kappa shape index (κ2) is 6.81. The number of Topliss-reactive ketones (excluding diaryl/α,β-unsaturated/α-hetero) is 1. The van der Waals surface area contributed by atoms with E-state index in [9.17, 15) is 18.0 Å². The van der Waals surface area contributed by atoms with Crippen LogP contribution in [0.15, 0.2) is 30.3 Å². The molecule has 0 N–H and O–H groups in total. The van der Waals surface area contributed by atoms with Gasteiger partial charge in [-0.25, -0.2) is 8.42 Å². The van der Waals surface area contributed by atoms with Crippen molar-refractivity contribution in [2.24, 2.45) is 0 Å². The minimum Gasteiger partial charge on any atom is -0.741 e. The number of halogens is 3. The highest BCUT2D eigenvalue weighted by Crippen LogP contribution is 2.20. The highest BCUT2D eigenvalue weighted by Gasteiger charge is 2.36. The lowest BCUT2D eigenvalue weighted by Crippen LogP contribution is -2.21. The molecular weight excluding hydrogens is 289 g/mol. The molecule has 0 aliphatic heterocycles. The molecule has 6 nitrogen and oxygen atoms in total. The molecule has 1 rings (SSSR count). The summed E-state index contributed by atoms with van der Waals surface area (Å²) >= 11 is 0. The Bertz CT molecular complexity index is 563. The summed E-state index contributed by atoms with van der Waals surface area (Å²) in [7, 11) is -6.09. The monoisotopic (exact) mass is 296 g/mol. The molecule has 104 valence electrons. The average Bonchev–Trinajstić information content (AvgIpc) is 2.29. The van der Waals surface area contributed by atoms with Gasteiger partial charge in [0.25, 0.3) is 0 Å². The zero-order valence-corrected chi connectivity index (χ0v) is 9.98. The zero-order valence-electron chi connectivity index (χ0n) is 9.16. The SMILES string of the molecule is N#[N+]CC(=O)c1ccccc1.O=S(=O)([O-])C(F)(F)F. The van der Waals surface area contributed by atoms with Crippen LogP contribution in [0.2, 0.25) is 0 Å². The molecular formula is C9H7F3N2O4S. The Morgan fingerprint density at radius 1 is 1.26 bits per heavy atom. The first kappa shape index (κ1) is 17.0. The number of carbonyl (C=O) groups excluding carboxylic acids is 1. The third-order valence-corrected chi connectivity index (χ3v) is 2.16. The van der Waals surface area contributed by atoms with Gasteiger partial charge in [0.1, 0.15) is 4.98 Å². The number of carbonyl (C=O) groups is 1. The number of hydrogen-bond donors (Lipinski definition) is 0. The second-order valence-corrected chi connectivity index (χ2v) is 4.36. The van der Waals surface area contributed by atoms with Gasteiger partial charge in [-0.15, -0.1) is 0 Å². The smallest absolute Gasteiger partial charge is 0.485 e. The average molecular weight is 296 g/mol. The lowest BCUT2D eigenvalue weighted by atomic mass is 10.1. The van der Waals surface area contributed by atoms with E-state index in [4.69, 9.17) is 18.4 Å². The molecule has 0 amide bonds. The summed E-state index contributed by atoms with van der Waals surface area (Å²) in [6.07, 6.45) is 0. The van der Waals surface area contributed by atoms with Gasteiger partial charge in [0, 0.05) is 5.56 Å². The molecule has 0 radical (unpaired) electrons. The van der Waals surface area contributed by atoms with E-state index in [0.29, 0.717) is 5.56 Å². The van der Waals surface area contributed by atoms with E-state index in [1.165, 1.54) is 0 Å². The Balaban J connectivity index is 0.000000362. The van der Waals surface area contributed by atoms with Crippen LogP contribution in [0.5, 0.6) is 0 Å². The molecule has 0 fully saturated rings. The fourth-order valence-corrected chi connectivity index (χ4v) is 0.780. The zero-order chi connectivity index (χ0) is 15.1. The van der Waals surface area contributed by atoms with Crippen molar-refractivity contribution in [3.8, 4) is 0 Å². The van der Waals surface area contributed by atoms with Gasteiger partial charge in [-0.3, -0.25) is 4.79 Å². The highest BCUT2D eigenvalue weighted by atomic mass is 32.2. The number of diazo groups is 1. The van der Waals surface area contributed by atoms with Crippen LogP contribution in [0.4, 0.5) is 13.2 Å². The third kappa shape index (κ3) is 6.49. The summed E-state index contributed by atoms with van der Waals surface area (Å²) in [5, 5.41) is 8.10. The Morgan fingerprint density at radius 3 is 2.00 bits per heavy atom. The van der Waals surface area contributed by atoms with Crippen molar-refractivity contribution in [2.45, 2.75) is 5.51 Å². The molecule has 0 heterocycles. The lowest BCUT2D eigenvalue weighted by Gasteiger charge is -2.08. The predicted octanol–water partition coefficient (Wildman–Crippen LogP) is 1.77. The van der Waals surface area contributed by atoms with Crippen LogP contribution in [-0.2, 0) is 10.1 Å². The number of ketones is 1. The first-order valence-electron chi connectivity index (χ1n) is 4.51. The minimum atomic E-state index is -6.09. The second-order valence-electron chi connectivity index (χ2n) is 2.99. The molecule has 1 aromatic rings. The molecule has 0 aromatic heterocycles. The maximum absolute atomic E-state index is 11.0. The van der Waals surface area contributed by atoms with Crippen molar-refractivity contribution >= 4 is 15.9 Å². The Morgan fingerprint density at radius 2 is 1.68 bits per heavy atom. The van der Waals surface area contributed by atoms with Crippen molar-refractivity contribution in [3.63, 3.8) is 0 Å². The number of benzene rings is 1. The van der Waals surface area contributed by atoms with Gasteiger partial charge in [0.05, 0.1) is 0 Å².